The first-order chi connectivity index (χ1) is 9.19. The van der Waals surface area contributed by atoms with Crippen LogP contribution in [0.15, 0.2) is 12.1 Å². The maximum Gasteiger partial charge on any atom is 0.0730 e. The van der Waals surface area contributed by atoms with E-state index in [1.165, 1.54) is 44.5 Å². The Hall–Kier alpha value is -0.900. The molecule has 0 spiro atoms. The maximum atomic E-state index is 5.41. The summed E-state index contributed by atoms with van der Waals surface area (Å²) >= 11 is 1.91. The van der Waals surface area contributed by atoms with Gasteiger partial charge in [-0.25, -0.2) is 0 Å². The topological polar surface area (TPSA) is 21.3 Å². The predicted octanol–water partition coefficient (Wildman–Crippen LogP) is 3.92. The number of hydrogen-bond donors (Lipinski definition) is 1. The summed E-state index contributed by atoms with van der Waals surface area (Å²) in [6.07, 6.45) is 2.67. The second kappa shape index (κ2) is 5.23. The van der Waals surface area contributed by atoms with Crippen LogP contribution < -0.4 is 5.32 Å². The SMILES string of the molecule is COCc1c(CNC2CC2)sc2cc(C)c(C)cc12. The van der Waals surface area contributed by atoms with Gasteiger partial charge in [0.05, 0.1) is 6.61 Å². The Bertz CT molecular complexity index is 598. The molecule has 0 atom stereocenters. The van der Waals surface area contributed by atoms with Gasteiger partial charge in [0.15, 0.2) is 0 Å². The van der Waals surface area contributed by atoms with Gasteiger partial charge in [0.1, 0.15) is 0 Å². The van der Waals surface area contributed by atoms with E-state index in [0.717, 1.165) is 12.6 Å². The zero-order chi connectivity index (χ0) is 13.4. The third-order valence-electron chi connectivity index (χ3n) is 3.91. The van der Waals surface area contributed by atoms with Gasteiger partial charge in [0, 0.05) is 34.8 Å². The number of benzene rings is 1. The largest absolute Gasteiger partial charge is 0.380 e. The number of nitrogens with one attached hydrogen (secondary N) is 1. The number of thiophene rings is 1. The van der Waals surface area contributed by atoms with Gasteiger partial charge in [-0.2, -0.15) is 0 Å². The maximum absolute atomic E-state index is 5.41. The highest BCUT2D eigenvalue weighted by Gasteiger charge is 2.21. The van der Waals surface area contributed by atoms with Crippen molar-refractivity contribution in [2.45, 2.75) is 45.9 Å². The summed E-state index contributed by atoms with van der Waals surface area (Å²) in [4.78, 5) is 1.44. The highest BCUT2D eigenvalue weighted by atomic mass is 32.1. The highest BCUT2D eigenvalue weighted by molar-refractivity contribution is 7.19. The lowest BCUT2D eigenvalue weighted by molar-refractivity contribution is 0.185. The van der Waals surface area contributed by atoms with Crippen molar-refractivity contribution in [2.24, 2.45) is 0 Å². The molecule has 0 aliphatic heterocycles. The molecule has 1 N–H and O–H groups in total. The number of methoxy groups -OCH3 is 1. The smallest absolute Gasteiger partial charge is 0.0730 e. The molecule has 102 valence electrons. The van der Waals surface area contributed by atoms with Crippen LogP contribution in [0.25, 0.3) is 10.1 Å². The second-order valence-corrected chi connectivity index (χ2v) is 6.66. The van der Waals surface area contributed by atoms with Crippen molar-refractivity contribution < 1.29 is 4.74 Å². The van der Waals surface area contributed by atoms with Crippen molar-refractivity contribution in [3.05, 3.63) is 33.7 Å². The summed E-state index contributed by atoms with van der Waals surface area (Å²) < 4.78 is 6.80. The number of aryl methyl sites for hydroxylation is 2. The molecule has 0 saturated heterocycles. The zero-order valence-electron chi connectivity index (χ0n) is 11.9. The van der Waals surface area contributed by atoms with E-state index in [4.69, 9.17) is 4.74 Å². The fraction of sp³-hybridized carbons (Fsp3) is 0.500. The second-order valence-electron chi connectivity index (χ2n) is 5.52. The van der Waals surface area contributed by atoms with E-state index in [1.807, 2.05) is 11.3 Å². The fourth-order valence-electron chi connectivity index (χ4n) is 2.42. The summed E-state index contributed by atoms with van der Waals surface area (Å²) in [7, 11) is 1.78. The minimum absolute atomic E-state index is 0.712. The Kier molecular flexibility index (Phi) is 3.61. The van der Waals surface area contributed by atoms with Gasteiger partial charge in [-0.1, -0.05) is 0 Å². The third-order valence-corrected chi connectivity index (χ3v) is 5.10. The Morgan fingerprint density at radius 1 is 1.26 bits per heavy atom. The van der Waals surface area contributed by atoms with E-state index < -0.39 is 0 Å². The van der Waals surface area contributed by atoms with E-state index in [9.17, 15) is 0 Å². The Labute approximate surface area is 118 Å². The molecule has 1 heterocycles. The third kappa shape index (κ3) is 2.69. The van der Waals surface area contributed by atoms with Crippen LogP contribution in [0.2, 0.25) is 0 Å². The average molecular weight is 275 g/mol. The normalized spacial score (nSPS) is 15.3. The van der Waals surface area contributed by atoms with Crippen LogP contribution in [-0.2, 0) is 17.9 Å². The lowest BCUT2D eigenvalue weighted by Gasteiger charge is -2.05. The first-order valence-electron chi connectivity index (χ1n) is 6.93. The van der Waals surface area contributed by atoms with Gasteiger partial charge in [-0.05, 0) is 55.3 Å². The monoisotopic (exact) mass is 275 g/mol. The summed E-state index contributed by atoms with van der Waals surface area (Å²) in [5, 5.41) is 4.99. The van der Waals surface area contributed by atoms with Crippen molar-refractivity contribution in [3.63, 3.8) is 0 Å². The van der Waals surface area contributed by atoms with E-state index >= 15 is 0 Å². The Morgan fingerprint density at radius 2 is 2.00 bits per heavy atom. The fourth-order valence-corrected chi connectivity index (χ4v) is 3.67. The minimum atomic E-state index is 0.712. The van der Waals surface area contributed by atoms with Crippen molar-refractivity contribution in [1.82, 2.24) is 5.32 Å². The minimum Gasteiger partial charge on any atom is -0.380 e. The standard InChI is InChI=1S/C16H21NOS/c1-10-6-13-14(9-18-3)16(8-17-12-4-5-12)19-15(13)7-11(10)2/h6-7,12,17H,4-5,8-9H2,1-3H3. The van der Waals surface area contributed by atoms with Crippen LogP contribution in [-0.4, -0.2) is 13.2 Å². The number of hydrogen-bond acceptors (Lipinski definition) is 3. The van der Waals surface area contributed by atoms with E-state index in [1.54, 1.807) is 7.11 Å². The van der Waals surface area contributed by atoms with Crippen LogP contribution in [0.3, 0.4) is 0 Å². The summed E-state index contributed by atoms with van der Waals surface area (Å²) in [6, 6.07) is 5.38. The van der Waals surface area contributed by atoms with Gasteiger partial charge >= 0.3 is 0 Å². The van der Waals surface area contributed by atoms with Crippen molar-refractivity contribution >= 4 is 21.4 Å². The molecule has 2 nitrogen and oxygen atoms in total. The van der Waals surface area contributed by atoms with Crippen LogP contribution in [0, 0.1) is 13.8 Å². The quantitative estimate of drug-likeness (QED) is 0.893. The van der Waals surface area contributed by atoms with Crippen LogP contribution in [0.4, 0.5) is 0 Å². The lowest BCUT2D eigenvalue weighted by atomic mass is 10.0. The molecule has 0 radical (unpaired) electrons. The molecule has 3 heteroatoms. The van der Waals surface area contributed by atoms with E-state index in [2.05, 4.69) is 31.3 Å². The first kappa shape index (κ1) is 13.1. The number of fused-ring (bicyclic) bond motifs is 1. The zero-order valence-corrected chi connectivity index (χ0v) is 12.7. The molecule has 19 heavy (non-hydrogen) atoms. The van der Waals surface area contributed by atoms with Crippen LogP contribution in [0.1, 0.15) is 34.4 Å². The van der Waals surface area contributed by atoms with Crippen LogP contribution >= 0.6 is 11.3 Å². The molecule has 1 aliphatic rings. The first-order valence-corrected chi connectivity index (χ1v) is 7.74. The summed E-state index contributed by atoms with van der Waals surface area (Å²) in [6.45, 7) is 6.07. The molecule has 1 fully saturated rings. The summed E-state index contributed by atoms with van der Waals surface area (Å²) in [5.74, 6) is 0. The van der Waals surface area contributed by atoms with Crippen molar-refractivity contribution in [1.29, 1.82) is 0 Å². The molecule has 0 bridgehead atoms. The predicted molar refractivity (Wildman–Crippen MR) is 81.9 cm³/mol. The summed E-state index contributed by atoms with van der Waals surface area (Å²) in [5.41, 5.74) is 4.11. The molecule has 0 amide bonds. The van der Waals surface area contributed by atoms with E-state index in [-0.39, 0.29) is 0 Å². The van der Waals surface area contributed by atoms with Gasteiger partial charge in [0.25, 0.3) is 0 Å². The number of ether oxygens (including phenoxy) is 1. The van der Waals surface area contributed by atoms with Gasteiger partial charge < -0.3 is 10.1 Å². The molecule has 1 aromatic carbocycles. The molecular weight excluding hydrogens is 254 g/mol. The number of rotatable bonds is 5. The Morgan fingerprint density at radius 3 is 2.68 bits per heavy atom. The molecule has 1 aromatic heterocycles. The van der Waals surface area contributed by atoms with Gasteiger partial charge in [-0.3, -0.25) is 0 Å². The highest BCUT2D eigenvalue weighted by Crippen LogP contribution is 2.34. The lowest BCUT2D eigenvalue weighted by Crippen LogP contribution is -2.15. The average Bonchev–Trinajstić information content (AvgIpc) is 3.15. The van der Waals surface area contributed by atoms with Gasteiger partial charge in [0.2, 0.25) is 0 Å². The molecule has 1 saturated carbocycles. The molecule has 3 rings (SSSR count). The Balaban J connectivity index is 2.00. The van der Waals surface area contributed by atoms with Crippen molar-refractivity contribution in [2.75, 3.05) is 7.11 Å². The molecule has 1 aliphatic carbocycles. The molecular formula is C16H21NOS. The molecule has 2 aromatic rings. The molecule has 0 unspecified atom stereocenters. The van der Waals surface area contributed by atoms with Crippen molar-refractivity contribution in [3.8, 4) is 0 Å². The van der Waals surface area contributed by atoms with E-state index in [0.29, 0.717) is 6.61 Å². The van der Waals surface area contributed by atoms with Crippen LogP contribution in [0.5, 0.6) is 0 Å². The van der Waals surface area contributed by atoms with Gasteiger partial charge in [-0.15, -0.1) is 11.3 Å².